The van der Waals surface area contributed by atoms with Crippen LogP contribution in [0.15, 0.2) is 46.4 Å². The SMILES string of the molecule is N#CC(C#N)=C(C#N)Nc1ccc(-c2cscn2)cc1. The number of hydrogen-bond acceptors (Lipinski definition) is 6. The monoisotopic (exact) mass is 277 g/mol. The number of nitriles is 3. The van der Waals surface area contributed by atoms with Crippen LogP contribution in [0.3, 0.4) is 0 Å². The van der Waals surface area contributed by atoms with Gasteiger partial charge in [0, 0.05) is 16.6 Å². The Balaban J connectivity index is 2.25. The number of allylic oxidation sites excluding steroid dienone is 2. The molecule has 0 aliphatic heterocycles. The average molecular weight is 277 g/mol. The van der Waals surface area contributed by atoms with Crippen molar-refractivity contribution in [3.8, 4) is 29.5 Å². The molecule has 2 rings (SSSR count). The van der Waals surface area contributed by atoms with E-state index in [2.05, 4.69) is 10.3 Å². The molecule has 0 amide bonds. The van der Waals surface area contributed by atoms with Gasteiger partial charge in [0.15, 0.2) is 5.57 Å². The molecule has 0 spiro atoms. The number of anilines is 1. The predicted molar refractivity (Wildman–Crippen MR) is 75.0 cm³/mol. The van der Waals surface area contributed by atoms with Crippen molar-refractivity contribution in [1.29, 1.82) is 15.8 Å². The van der Waals surface area contributed by atoms with Gasteiger partial charge in [-0.05, 0) is 12.1 Å². The van der Waals surface area contributed by atoms with Gasteiger partial charge >= 0.3 is 0 Å². The maximum Gasteiger partial charge on any atom is 0.163 e. The first-order valence-corrected chi connectivity index (χ1v) is 6.43. The van der Waals surface area contributed by atoms with Crippen LogP contribution in [0, 0.1) is 34.0 Å². The second-order valence-corrected chi connectivity index (χ2v) is 4.38. The van der Waals surface area contributed by atoms with Crippen molar-refractivity contribution >= 4 is 17.0 Å². The third kappa shape index (κ3) is 2.81. The van der Waals surface area contributed by atoms with Gasteiger partial charge in [0.2, 0.25) is 0 Å². The zero-order chi connectivity index (χ0) is 14.4. The molecule has 0 unspecified atom stereocenters. The summed E-state index contributed by atoms with van der Waals surface area (Å²) in [6.07, 6.45) is 0. The first-order valence-electron chi connectivity index (χ1n) is 5.48. The summed E-state index contributed by atoms with van der Waals surface area (Å²) in [5.41, 5.74) is 3.92. The van der Waals surface area contributed by atoms with Crippen molar-refractivity contribution in [1.82, 2.24) is 4.98 Å². The molecule has 0 aliphatic rings. The average Bonchev–Trinajstić information content (AvgIpc) is 3.02. The van der Waals surface area contributed by atoms with Gasteiger partial charge in [0.1, 0.15) is 23.9 Å². The van der Waals surface area contributed by atoms with E-state index in [-0.39, 0.29) is 11.3 Å². The summed E-state index contributed by atoms with van der Waals surface area (Å²) in [6.45, 7) is 0. The van der Waals surface area contributed by atoms with Gasteiger partial charge in [-0.15, -0.1) is 11.3 Å². The lowest BCUT2D eigenvalue weighted by Crippen LogP contribution is -2.00. The van der Waals surface area contributed by atoms with Crippen LogP contribution in [0.2, 0.25) is 0 Å². The second-order valence-electron chi connectivity index (χ2n) is 3.66. The molecule has 0 saturated heterocycles. The van der Waals surface area contributed by atoms with Crippen molar-refractivity contribution in [3.63, 3.8) is 0 Å². The van der Waals surface area contributed by atoms with Gasteiger partial charge in [-0.2, -0.15) is 15.8 Å². The highest BCUT2D eigenvalue weighted by Gasteiger charge is 2.06. The summed E-state index contributed by atoms with van der Waals surface area (Å²) in [4.78, 5) is 4.20. The summed E-state index contributed by atoms with van der Waals surface area (Å²) in [5.74, 6) is 0. The fourth-order valence-corrected chi connectivity index (χ4v) is 2.07. The van der Waals surface area contributed by atoms with Crippen LogP contribution in [0.4, 0.5) is 5.69 Å². The van der Waals surface area contributed by atoms with Gasteiger partial charge in [-0.25, -0.2) is 4.98 Å². The van der Waals surface area contributed by atoms with Crippen LogP contribution in [0.25, 0.3) is 11.3 Å². The second kappa shape index (κ2) is 6.15. The Bertz CT molecular complexity index is 736. The lowest BCUT2D eigenvalue weighted by molar-refractivity contribution is 1.37. The molecule has 94 valence electrons. The number of aromatic nitrogens is 1. The van der Waals surface area contributed by atoms with Crippen molar-refractivity contribution in [2.75, 3.05) is 5.32 Å². The summed E-state index contributed by atoms with van der Waals surface area (Å²) in [6, 6.07) is 12.4. The number of nitrogens with zero attached hydrogens (tertiary/aromatic N) is 4. The molecule has 1 aromatic heterocycles. The van der Waals surface area contributed by atoms with E-state index in [1.54, 1.807) is 29.8 Å². The Morgan fingerprint density at radius 1 is 1.05 bits per heavy atom. The molecule has 6 heteroatoms. The number of rotatable bonds is 3. The molecular formula is C14H7N5S. The topological polar surface area (TPSA) is 96.3 Å². The molecule has 0 bridgehead atoms. The van der Waals surface area contributed by atoms with Gasteiger partial charge < -0.3 is 5.32 Å². The van der Waals surface area contributed by atoms with Crippen LogP contribution in [0.1, 0.15) is 0 Å². The molecule has 0 fully saturated rings. The lowest BCUT2D eigenvalue weighted by Gasteiger charge is -2.05. The Morgan fingerprint density at radius 2 is 1.75 bits per heavy atom. The minimum atomic E-state index is -0.240. The standard InChI is InChI=1S/C14H7N5S/c15-5-11(6-16)13(7-17)19-12-3-1-10(2-4-12)14-8-20-9-18-14/h1-4,8-9,19H. The Morgan fingerprint density at radius 3 is 2.25 bits per heavy atom. The molecule has 0 aliphatic carbocycles. The zero-order valence-electron chi connectivity index (χ0n) is 10.2. The third-order valence-electron chi connectivity index (χ3n) is 2.47. The van der Waals surface area contributed by atoms with Crippen LogP contribution in [-0.2, 0) is 0 Å². The minimum Gasteiger partial charge on any atom is -0.345 e. The van der Waals surface area contributed by atoms with Crippen molar-refractivity contribution in [3.05, 3.63) is 46.4 Å². The lowest BCUT2D eigenvalue weighted by atomic mass is 10.1. The van der Waals surface area contributed by atoms with E-state index >= 15 is 0 Å². The molecule has 0 radical (unpaired) electrons. The molecule has 0 saturated carbocycles. The first-order chi connectivity index (χ1) is 9.78. The third-order valence-corrected chi connectivity index (χ3v) is 3.05. The van der Waals surface area contributed by atoms with E-state index in [1.807, 2.05) is 23.6 Å². The Labute approximate surface area is 119 Å². The van der Waals surface area contributed by atoms with E-state index < -0.39 is 0 Å². The normalized spacial score (nSPS) is 8.85. The molecule has 0 atom stereocenters. The molecule has 1 heterocycles. The highest BCUT2D eigenvalue weighted by Crippen LogP contribution is 2.22. The number of benzene rings is 1. The highest BCUT2D eigenvalue weighted by atomic mass is 32.1. The fourth-order valence-electron chi connectivity index (χ4n) is 1.51. The van der Waals surface area contributed by atoms with Crippen LogP contribution < -0.4 is 5.32 Å². The molecule has 20 heavy (non-hydrogen) atoms. The Hall–Kier alpha value is -3.14. The van der Waals surface area contributed by atoms with Crippen LogP contribution >= 0.6 is 11.3 Å². The maximum absolute atomic E-state index is 8.94. The Kier molecular flexibility index (Phi) is 4.09. The summed E-state index contributed by atoms with van der Waals surface area (Å²) in [7, 11) is 0. The molecule has 1 aromatic carbocycles. The van der Waals surface area contributed by atoms with Crippen molar-refractivity contribution in [2.24, 2.45) is 0 Å². The number of hydrogen-bond donors (Lipinski definition) is 1. The van der Waals surface area contributed by atoms with E-state index in [9.17, 15) is 0 Å². The largest absolute Gasteiger partial charge is 0.345 e. The maximum atomic E-state index is 8.94. The van der Waals surface area contributed by atoms with Crippen LogP contribution in [-0.4, -0.2) is 4.98 Å². The molecular weight excluding hydrogens is 270 g/mol. The van der Waals surface area contributed by atoms with Gasteiger partial charge in [0.05, 0.1) is 11.2 Å². The minimum absolute atomic E-state index is 0.0589. The predicted octanol–water partition coefficient (Wildman–Crippen LogP) is 3.05. The van der Waals surface area contributed by atoms with E-state index in [1.165, 1.54) is 11.3 Å². The number of nitrogens with one attached hydrogen (secondary N) is 1. The fraction of sp³-hybridized carbons (Fsp3) is 0. The van der Waals surface area contributed by atoms with Crippen molar-refractivity contribution < 1.29 is 0 Å². The molecule has 5 nitrogen and oxygen atoms in total. The summed E-state index contributed by atoms with van der Waals surface area (Å²) in [5, 5.41) is 31.1. The quantitative estimate of drug-likeness (QED) is 0.870. The van der Waals surface area contributed by atoms with E-state index in [0.29, 0.717) is 5.69 Å². The zero-order valence-corrected chi connectivity index (χ0v) is 11.0. The van der Waals surface area contributed by atoms with Crippen molar-refractivity contribution in [2.45, 2.75) is 0 Å². The van der Waals surface area contributed by atoms with Gasteiger partial charge in [-0.1, -0.05) is 12.1 Å². The van der Waals surface area contributed by atoms with E-state index in [4.69, 9.17) is 15.8 Å². The molecule has 1 N–H and O–H groups in total. The van der Waals surface area contributed by atoms with Gasteiger partial charge in [0.25, 0.3) is 0 Å². The summed E-state index contributed by atoms with van der Waals surface area (Å²) < 4.78 is 0. The smallest absolute Gasteiger partial charge is 0.163 e. The molecule has 2 aromatic rings. The van der Waals surface area contributed by atoms with Gasteiger partial charge in [-0.3, -0.25) is 0 Å². The van der Waals surface area contributed by atoms with Crippen LogP contribution in [0.5, 0.6) is 0 Å². The van der Waals surface area contributed by atoms with E-state index in [0.717, 1.165) is 11.3 Å². The highest BCUT2D eigenvalue weighted by molar-refractivity contribution is 7.07. The number of thiazole rings is 1. The first kappa shape index (κ1) is 13.3. The summed E-state index contributed by atoms with van der Waals surface area (Å²) >= 11 is 1.51.